The summed E-state index contributed by atoms with van der Waals surface area (Å²) in [4.78, 5) is 13.8. The number of hydrogen-bond acceptors (Lipinski definition) is 4. The number of carbonyl (C=O) groups is 1. The van der Waals surface area contributed by atoms with Crippen LogP contribution in [-0.4, -0.2) is 36.2 Å². The Hall–Kier alpha value is -1.75. The van der Waals surface area contributed by atoms with Crippen LogP contribution in [-0.2, 0) is 0 Å². The molecule has 0 aliphatic carbocycles. The van der Waals surface area contributed by atoms with Gasteiger partial charge in [0.2, 0.25) is 0 Å². The maximum absolute atomic E-state index is 11.8. The average molecular weight is 279 g/mol. The molecular formula is C15H25N3O2. The Labute approximate surface area is 120 Å². The average Bonchev–Trinajstić information content (AvgIpc) is 2.35. The molecule has 0 aliphatic heterocycles. The molecule has 0 radical (unpaired) electrons. The molecule has 5 nitrogen and oxygen atoms in total. The van der Waals surface area contributed by atoms with E-state index < -0.39 is 5.60 Å². The zero-order valence-electron chi connectivity index (χ0n) is 12.7. The normalized spacial score (nSPS) is 11.2. The van der Waals surface area contributed by atoms with Crippen molar-refractivity contribution in [2.45, 2.75) is 33.3 Å². The lowest BCUT2D eigenvalue weighted by molar-refractivity contribution is 0.0875. The van der Waals surface area contributed by atoms with Crippen LogP contribution in [0.4, 0.5) is 11.4 Å². The summed E-state index contributed by atoms with van der Waals surface area (Å²) >= 11 is 0. The highest BCUT2D eigenvalue weighted by Gasteiger charge is 2.19. The number of aliphatic hydroxyl groups is 1. The van der Waals surface area contributed by atoms with E-state index in [0.29, 0.717) is 24.3 Å². The number of rotatable bonds is 6. The maximum Gasteiger partial charge on any atom is 0.251 e. The summed E-state index contributed by atoms with van der Waals surface area (Å²) in [6.07, 6.45) is 0. The third-order valence-electron chi connectivity index (χ3n) is 2.93. The van der Waals surface area contributed by atoms with Gasteiger partial charge >= 0.3 is 0 Å². The predicted molar refractivity (Wildman–Crippen MR) is 83.0 cm³/mol. The van der Waals surface area contributed by atoms with Crippen LogP contribution in [0.1, 0.15) is 38.1 Å². The number of hydrogen-bond donors (Lipinski definition) is 3. The van der Waals surface area contributed by atoms with E-state index >= 15 is 0 Å². The van der Waals surface area contributed by atoms with E-state index in [-0.39, 0.29) is 5.91 Å². The minimum Gasteiger partial charge on any atom is -0.397 e. The number of likely N-dealkylation sites (N-methyl/N-ethyl adjacent to an activating group) is 1. The van der Waals surface area contributed by atoms with Crippen molar-refractivity contribution in [3.8, 4) is 0 Å². The third kappa shape index (κ3) is 4.42. The van der Waals surface area contributed by atoms with Gasteiger partial charge in [-0.15, -0.1) is 0 Å². The summed E-state index contributed by atoms with van der Waals surface area (Å²) in [6.45, 7) is 9.19. The molecule has 0 aromatic heterocycles. The first-order chi connectivity index (χ1) is 9.28. The number of nitrogens with one attached hydrogen (secondary N) is 1. The van der Waals surface area contributed by atoms with E-state index in [2.05, 4.69) is 5.32 Å². The van der Waals surface area contributed by atoms with Crippen LogP contribution < -0.4 is 16.0 Å². The number of anilines is 2. The minimum atomic E-state index is -0.805. The highest BCUT2D eigenvalue weighted by molar-refractivity contribution is 5.96. The number of amides is 1. The Bertz CT molecular complexity index is 467. The van der Waals surface area contributed by atoms with Gasteiger partial charge in [-0.2, -0.15) is 0 Å². The smallest absolute Gasteiger partial charge is 0.251 e. The number of nitrogen functional groups attached to an aromatic ring is 1. The maximum atomic E-state index is 11.8. The van der Waals surface area contributed by atoms with E-state index in [4.69, 9.17) is 5.73 Å². The van der Waals surface area contributed by atoms with Crippen LogP contribution in [0.2, 0.25) is 0 Å². The van der Waals surface area contributed by atoms with Crippen LogP contribution in [0.25, 0.3) is 0 Å². The molecule has 112 valence electrons. The summed E-state index contributed by atoms with van der Waals surface area (Å²) in [7, 11) is 0. The van der Waals surface area contributed by atoms with Gasteiger partial charge in [-0.05, 0) is 45.9 Å². The van der Waals surface area contributed by atoms with Gasteiger partial charge in [0.05, 0.1) is 17.0 Å². The Morgan fingerprint density at radius 3 is 2.50 bits per heavy atom. The summed E-state index contributed by atoms with van der Waals surface area (Å²) < 4.78 is 0. The molecule has 0 spiro atoms. The molecule has 0 aliphatic rings. The van der Waals surface area contributed by atoms with Gasteiger partial charge in [0, 0.05) is 25.2 Å². The zero-order valence-corrected chi connectivity index (χ0v) is 12.7. The molecule has 0 saturated carbocycles. The monoisotopic (exact) mass is 279 g/mol. The number of carbonyl (C=O) groups excluding carboxylic acids is 1. The predicted octanol–water partition coefficient (Wildman–Crippen LogP) is 1.62. The van der Waals surface area contributed by atoms with E-state index in [9.17, 15) is 9.90 Å². The zero-order chi connectivity index (χ0) is 15.3. The van der Waals surface area contributed by atoms with E-state index in [0.717, 1.165) is 12.2 Å². The van der Waals surface area contributed by atoms with Gasteiger partial charge in [0.25, 0.3) is 5.91 Å². The topological polar surface area (TPSA) is 78.6 Å². The largest absolute Gasteiger partial charge is 0.397 e. The van der Waals surface area contributed by atoms with Gasteiger partial charge in [-0.25, -0.2) is 0 Å². The summed E-state index contributed by atoms with van der Waals surface area (Å²) in [5.41, 5.74) is 7.17. The first-order valence-electron chi connectivity index (χ1n) is 6.93. The minimum absolute atomic E-state index is 0.128. The summed E-state index contributed by atoms with van der Waals surface area (Å²) in [6, 6.07) is 5.26. The molecule has 0 fully saturated rings. The molecule has 0 bridgehead atoms. The van der Waals surface area contributed by atoms with Crippen LogP contribution >= 0.6 is 0 Å². The van der Waals surface area contributed by atoms with Crippen molar-refractivity contribution in [1.29, 1.82) is 0 Å². The second kappa shape index (κ2) is 6.61. The van der Waals surface area contributed by atoms with Crippen molar-refractivity contribution >= 4 is 17.3 Å². The molecular weight excluding hydrogens is 254 g/mol. The van der Waals surface area contributed by atoms with Crippen LogP contribution in [0.15, 0.2) is 18.2 Å². The molecule has 1 rings (SSSR count). The van der Waals surface area contributed by atoms with Gasteiger partial charge in [-0.3, -0.25) is 4.79 Å². The summed E-state index contributed by atoms with van der Waals surface area (Å²) in [5, 5.41) is 12.7. The fraction of sp³-hybridized carbons (Fsp3) is 0.533. The molecule has 1 aromatic rings. The molecule has 20 heavy (non-hydrogen) atoms. The molecule has 1 aromatic carbocycles. The Morgan fingerprint density at radius 1 is 1.40 bits per heavy atom. The number of benzene rings is 1. The number of nitrogens with two attached hydrogens (primary N) is 1. The first-order valence-corrected chi connectivity index (χ1v) is 6.93. The Morgan fingerprint density at radius 2 is 2.05 bits per heavy atom. The molecule has 0 heterocycles. The van der Waals surface area contributed by atoms with E-state index in [1.54, 1.807) is 26.0 Å². The van der Waals surface area contributed by atoms with Crippen LogP contribution in [0.5, 0.6) is 0 Å². The first kappa shape index (κ1) is 16.3. The van der Waals surface area contributed by atoms with Crippen molar-refractivity contribution < 1.29 is 9.90 Å². The second-order valence-corrected chi connectivity index (χ2v) is 5.46. The highest BCUT2D eigenvalue weighted by atomic mass is 16.3. The Balaban J connectivity index is 2.99. The van der Waals surface area contributed by atoms with E-state index in [1.807, 2.05) is 24.8 Å². The van der Waals surface area contributed by atoms with Gasteiger partial charge < -0.3 is 21.1 Å². The molecule has 0 atom stereocenters. The van der Waals surface area contributed by atoms with Crippen molar-refractivity contribution in [1.82, 2.24) is 5.32 Å². The van der Waals surface area contributed by atoms with Gasteiger partial charge in [0.1, 0.15) is 0 Å². The van der Waals surface area contributed by atoms with Crippen molar-refractivity contribution in [2.75, 3.05) is 30.3 Å². The molecule has 0 unspecified atom stereocenters. The Kier molecular flexibility index (Phi) is 5.39. The molecule has 4 N–H and O–H groups in total. The third-order valence-corrected chi connectivity index (χ3v) is 2.93. The molecule has 5 heteroatoms. The van der Waals surface area contributed by atoms with Crippen LogP contribution in [0.3, 0.4) is 0 Å². The quantitative estimate of drug-likeness (QED) is 0.691. The van der Waals surface area contributed by atoms with Crippen molar-refractivity contribution in [2.24, 2.45) is 0 Å². The lowest BCUT2D eigenvalue weighted by Crippen LogP contribution is -2.39. The van der Waals surface area contributed by atoms with Crippen LogP contribution in [0, 0.1) is 0 Å². The molecule has 1 amide bonds. The van der Waals surface area contributed by atoms with Crippen molar-refractivity contribution in [3.63, 3.8) is 0 Å². The van der Waals surface area contributed by atoms with Gasteiger partial charge in [0.15, 0.2) is 0 Å². The van der Waals surface area contributed by atoms with Gasteiger partial charge in [-0.1, -0.05) is 0 Å². The summed E-state index contributed by atoms with van der Waals surface area (Å²) in [5.74, 6) is -0.128. The van der Waals surface area contributed by atoms with E-state index in [1.165, 1.54) is 0 Å². The lowest BCUT2D eigenvalue weighted by atomic mass is 10.1. The standard InChI is InChI=1S/C15H25N3O2/c1-5-17-14(19)11-7-8-13(12(16)9-11)18(6-2)10-15(3,4)20/h7-9,20H,5-6,10,16H2,1-4H3,(H,17,19). The SMILES string of the molecule is CCNC(=O)c1ccc(N(CC)CC(C)(C)O)c(N)c1. The molecule has 0 saturated heterocycles. The fourth-order valence-corrected chi connectivity index (χ4v) is 2.08. The number of nitrogens with zero attached hydrogens (tertiary/aromatic N) is 1. The van der Waals surface area contributed by atoms with Crippen molar-refractivity contribution in [3.05, 3.63) is 23.8 Å². The lowest BCUT2D eigenvalue weighted by Gasteiger charge is -2.30. The fourth-order valence-electron chi connectivity index (χ4n) is 2.08. The second-order valence-electron chi connectivity index (χ2n) is 5.46. The highest BCUT2D eigenvalue weighted by Crippen LogP contribution is 2.25.